The molecule has 1 aromatic heterocycles. The lowest BCUT2D eigenvalue weighted by Gasteiger charge is -2.15. The van der Waals surface area contributed by atoms with Gasteiger partial charge in [-0.3, -0.25) is 0 Å². The topological polar surface area (TPSA) is 34.1 Å². The maximum absolute atomic E-state index is 5.99. The fourth-order valence-corrected chi connectivity index (χ4v) is 2.10. The van der Waals surface area contributed by atoms with Gasteiger partial charge in [0.15, 0.2) is 0 Å². The molecular formula is C17H22N2O. The average molecular weight is 270 g/mol. The Morgan fingerprint density at radius 3 is 2.80 bits per heavy atom. The highest BCUT2D eigenvalue weighted by Crippen LogP contribution is 2.29. The molecule has 1 heterocycles. The SMILES string of the molecule is CCC(C)c1ccccc1OCc1ccnc(NC)c1. The molecule has 0 aliphatic carbocycles. The number of nitrogens with zero attached hydrogens (tertiary/aromatic N) is 1. The summed E-state index contributed by atoms with van der Waals surface area (Å²) in [6.07, 6.45) is 2.91. The molecule has 20 heavy (non-hydrogen) atoms. The van der Waals surface area contributed by atoms with Crippen LogP contribution in [0.5, 0.6) is 5.75 Å². The van der Waals surface area contributed by atoms with Crippen molar-refractivity contribution in [2.45, 2.75) is 32.8 Å². The van der Waals surface area contributed by atoms with E-state index in [1.54, 1.807) is 6.20 Å². The van der Waals surface area contributed by atoms with Gasteiger partial charge in [-0.2, -0.15) is 0 Å². The van der Waals surface area contributed by atoms with Crippen LogP contribution in [0.15, 0.2) is 42.6 Å². The summed E-state index contributed by atoms with van der Waals surface area (Å²) < 4.78 is 5.99. The Morgan fingerprint density at radius 1 is 1.25 bits per heavy atom. The minimum Gasteiger partial charge on any atom is -0.489 e. The average Bonchev–Trinajstić information content (AvgIpc) is 2.52. The minimum atomic E-state index is 0.511. The van der Waals surface area contributed by atoms with E-state index in [-0.39, 0.29) is 0 Å². The number of pyridine rings is 1. The molecule has 0 amide bonds. The lowest BCUT2D eigenvalue weighted by molar-refractivity contribution is 0.301. The predicted molar refractivity (Wildman–Crippen MR) is 83.3 cm³/mol. The van der Waals surface area contributed by atoms with Gasteiger partial charge >= 0.3 is 0 Å². The van der Waals surface area contributed by atoms with Crippen LogP contribution in [-0.4, -0.2) is 12.0 Å². The molecule has 0 saturated carbocycles. The van der Waals surface area contributed by atoms with Gasteiger partial charge in [-0.25, -0.2) is 4.98 Å². The summed E-state index contributed by atoms with van der Waals surface area (Å²) in [5.41, 5.74) is 2.39. The Hall–Kier alpha value is -2.03. The minimum absolute atomic E-state index is 0.511. The summed E-state index contributed by atoms with van der Waals surface area (Å²) >= 11 is 0. The van der Waals surface area contributed by atoms with Gasteiger partial charge in [0.2, 0.25) is 0 Å². The highest BCUT2D eigenvalue weighted by atomic mass is 16.5. The number of ether oxygens (including phenoxy) is 1. The van der Waals surface area contributed by atoms with Gasteiger partial charge in [0.05, 0.1) is 0 Å². The van der Waals surface area contributed by atoms with E-state index in [9.17, 15) is 0 Å². The number of rotatable bonds is 6. The van der Waals surface area contributed by atoms with Crippen LogP contribution in [0.1, 0.15) is 37.3 Å². The van der Waals surface area contributed by atoms with Crippen LogP contribution in [0, 0.1) is 0 Å². The van der Waals surface area contributed by atoms with Crippen LogP contribution in [0.3, 0.4) is 0 Å². The molecule has 3 heteroatoms. The Labute approximate surface area is 121 Å². The second-order valence-electron chi connectivity index (χ2n) is 4.94. The van der Waals surface area contributed by atoms with Gasteiger partial charge < -0.3 is 10.1 Å². The van der Waals surface area contributed by atoms with Crippen molar-refractivity contribution >= 4 is 5.82 Å². The van der Waals surface area contributed by atoms with Crippen molar-refractivity contribution in [1.29, 1.82) is 0 Å². The van der Waals surface area contributed by atoms with Crippen LogP contribution in [0.4, 0.5) is 5.82 Å². The Bertz CT molecular complexity index is 554. The summed E-state index contributed by atoms with van der Waals surface area (Å²) in [6.45, 7) is 4.99. The zero-order valence-corrected chi connectivity index (χ0v) is 12.4. The van der Waals surface area contributed by atoms with Gasteiger partial charge in [-0.1, -0.05) is 32.0 Å². The lowest BCUT2D eigenvalue weighted by atomic mass is 9.98. The number of benzene rings is 1. The number of aromatic nitrogens is 1. The van der Waals surface area contributed by atoms with Gasteiger partial charge in [0, 0.05) is 13.2 Å². The van der Waals surface area contributed by atoms with Crippen molar-refractivity contribution < 1.29 is 4.74 Å². The summed E-state index contributed by atoms with van der Waals surface area (Å²) in [6, 6.07) is 12.3. The molecule has 0 aliphatic heterocycles. The number of anilines is 1. The van der Waals surface area contributed by atoms with Crippen LogP contribution >= 0.6 is 0 Å². The van der Waals surface area contributed by atoms with Crippen LogP contribution in [0.2, 0.25) is 0 Å². The fourth-order valence-electron chi connectivity index (χ4n) is 2.10. The van der Waals surface area contributed by atoms with Gasteiger partial charge in [-0.05, 0) is 41.7 Å². The number of hydrogen-bond acceptors (Lipinski definition) is 3. The van der Waals surface area contributed by atoms with Crippen molar-refractivity contribution in [2.75, 3.05) is 12.4 Å². The van der Waals surface area contributed by atoms with E-state index in [0.717, 1.165) is 23.6 Å². The molecule has 2 rings (SSSR count). The highest BCUT2D eigenvalue weighted by Gasteiger charge is 2.09. The molecule has 0 aliphatic rings. The van der Waals surface area contributed by atoms with Gasteiger partial charge in [0.1, 0.15) is 18.2 Å². The third-order valence-corrected chi connectivity index (χ3v) is 3.54. The van der Waals surface area contributed by atoms with Crippen molar-refractivity contribution in [1.82, 2.24) is 4.98 Å². The molecule has 1 aromatic carbocycles. The Kier molecular flexibility index (Phi) is 4.99. The predicted octanol–water partition coefficient (Wildman–Crippen LogP) is 4.22. The summed E-state index contributed by atoms with van der Waals surface area (Å²) in [4.78, 5) is 4.21. The lowest BCUT2D eigenvalue weighted by Crippen LogP contribution is -2.02. The molecule has 0 saturated heterocycles. The maximum atomic E-state index is 5.99. The molecule has 2 aromatic rings. The smallest absolute Gasteiger partial charge is 0.126 e. The molecule has 0 bridgehead atoms. The zero-order chi connectivity index (χ0) is 14.4. The van der Waals surface area contributed by atoms with E-state index in [1.165, 1.54) is 5.56 Å². The molecule has 0 spiro atoms. The second-order valence-corrected chi connectivity index (χ2v) is 4.94. The van der Waals surface area contributed by atoms with Crippen molar-refractivity contribution in [2.24, 2.45) is 0 Å². The number of hydrogen-bond donors (Lipinski definition) is 1. The fraction of sp³-hybridized carbons (Fsp3) is 0.353. The quantitative estimate of drug-likeness (QED) is 0.853. The third-order valence-electron chi connectivity index (χ3n) is 3.54. The first-order chi connectivity index (χ1) is 9.74. The van der Waals surface area contributed by atoms with Crippen LogP contribution in [-0.2, 0) is 6.61 Å². The molecular weight excluding hydrogens is 248 g/mol. The summed E-state index contributed by atoms with van der Waals surface area (Å²) in [5, 5.41) is 3.04. The van der Waals surface area contributed by atoms with E-state index in [1.807, 2.05) is 31.3 Å². The van der Waals surface area contributed by atoms with Crippen LogP contribution < -0.4 is 10.1 Å². The van der Waals surface area contributed by atoms with Crippen molar-refractivity contribution in [3.63, 3.8) is 0 Å². The zero-order valence-electron chi connectivity index (χ0n) is 12.4. The van der Waals surface area contributed by atoms with Crippen molar-refractivity contribution in [3.8, 4) is 5.75 Å². The number of nitrogens with one attached hydrogen (secondary N) is 1. The molecule has 1 unspecified atom stereocenters. The Balaban J connectivity index is 2.10. The standard InChI is InChI=1S/C17H22N2O/c1-4-13(2)15-7-5-6-8-16(15)20-12-14-9-10-19-17(11-14)18-3/h5-11,13H,4,12H2,1-3H3,(H,18,19). The molecule has 1 atom stereocenters. The molecule has 0 radical (unpaired) electrons. The van der Waals surface area contributed by atoms with E-state index in [0.29, 0.717) is 12.5 Å². The second kappa shape index (κ2) is 6.94. The van der Waals surface area contributed by atoms with E-state index >= 15 is 0 Å². The van der Waals surface area contributed by atoms with Gasteiger partial charge in [-0.15, -0.1) is 0 Å². The van der Waals surface area contributed by atoms with Crippen LogP contribution in [0.25, 0.3) is 0 Å². The molecule has 0 fully saturated rings. The molecule has 106 valence electrons. The Morgan fingerprint density at radius 2 is 2.05 bits per heavy atom. The third kappa shape index (κ3) is 3.50. The monoisotopic (exact) mass is 270 g/mol. The summed E-state index contributed by atoms with van der Waals surface area (Å²) in [5.74, 6) is 2.35. The van der Waals surface area contributed by atoms with E-state index in [2.05, 4.69) is 36.3 Å². The van der Waals surface area contributed by atoms with Crippen molar-refractivity contribution in [3.05, 3.63) is 53.7 Å². The first-order valence-electron chi connectivity index (χ1n) is 7.09. The number of para-hydroxylation sites is 1. The molecule has 3 nitrogen and oxygen atoms in total. The van der Waals surface area contributed by atoms with Gasteiger partial charge in [0.25, 0.3) is 0 Å². The van der Waals surface area contributed by atoms with E-state index < -0.39 is 0 Å². The normalized spacial score (nSPS) is 11.9. The first kappa shape index (κ1) is 14.4. The van der Waals surface area contributed by atoms with E-state index in [4.69, 9.17) is 4.74 Å². The highest BCUT2D eigenvalue weighted by molar-refractivity contribution is 5.38. The molecule has 1 N–H and O–H groups in total. The first-order valence-corrected chi connectivity index (χ1v) is 7.09. The summed E-state index contributed by atoms with van der Waals surface area (Å²) in [7, 11) is 1.87. The largest absolute Gasteiger partial charge is 0.489 e. The maximum Gasteiger partial charge on any atom is 0.126 e.